The third kappa shape index (κ3) is 24.9. The first-order valence-corrected chi connectivity index (χ1v) is 12.8. The van der Waals surface area contributed by atoms with E-state index in [0.29, 0.717) is 0 Å². The average molecular weight is 456 g/mol. The van der Waals surface area contributed by atoms with Gasteiger partial charge in [-0.1, -0.05) is 90.0 Å². The Morgan fingerprint density at radius 2 is 1.28 bits per heavy atom. The molecule has 7 heteroatoms. The second-order valence-corrected chi connectivity index (χ2v) is 9.33. The van der Waals surface area contributed by atoms with Gasteiger partial charge in [-0.25, -0.2) is 8.42 Å². The van der Waals surface area contributed by atoms with E-state index in [1.54, 1.807) is 13.1 Å². The normalized spacial score (nSPS) is 11.6. The molecule has 166 valence electrons. The Morgan fingerprint density at radius 3 is 1.72 bits per heavy atom. The summed E-state index contributed by atoms with van der Waals surface area (Å²) in [4.78, 5) is 13.3. The van der Waals surface area contributed by atoms with Gasteiger partial charge in [-0.3, -0.25) is 4.79 Å². The van der Waals surface area contributed by atoms with Gasteiger partial charge in [0.05, 0.1) is 10.1 Å². The van der Waals surface area contributed by atoms with Crippen LogP contribution in [0.4, 0.5) is 0 Å². The van der Waals surface area contributed by atoms with Crippen molar-refractivity contribution in [3.63, 3.8) is 0 Å². The molecule has 0 aromatic carbocycles. The van der Waals surface area contributed by atoms with Crippen LogP contribution in [0.3, 0.4) is 0 Å². The zero-order valence-corrected chi connectivity index (χ0v) is 23.1. The van der Waals surface area contributed by atoms with Gasteiger partial charge in [0.15, 0.2) is 0 Å². The van der Waals surface area contributed by atoms with Crippen LogP contribution in [0, 0.1) is 0 Å². The number of nitrogens with zero attached hydrogens (tertiary/aromatic N) is 1. The number of hydrogen-bond donors (Lipinski definition) is 0. The topological polar surface area (TPSA) is 77.5 Å². The molecule has 0 aromatic rings. The average Bonchev–Trinajstić information content (AvgIpc) is 2.63. The SMILES string of the molecule is CCCCCCCCCCCCCCC/C=C/C(=O)N(C)CCCS(=O)(=O)[O-].[K+]. The zero-order valence-electron chi connectivity index (χ0n) is 19.2. The Balaban J connectivity index is 0. The predicted molar refractivity (Wildman–Crippen MR) is 116 cm³/mol. The summed E-state index contributed by atoms with van der Waals surface area (Å²) in [5, 5.41) is 0. The van der Waals surface area contributed by atoms with Gasteiger partial charge in [0, 0.05) is 19.3 Å². The molecule has 0 saturated carbocycles. The van der Waals surface area contributed by atoms with Gasteiger partial charge < -0.3 is 9.45 Å². The van der Waals surface area contributed by atoms with Crippen molar-refractivity contribution in [2.45, 2.75) is 103 Å². The second kappa shape index (κ2) is 22.0. The fourth-order valence-electron chi connectivity index (χ4n) is 3.18. The number of unbranched alkanes of at least 4 members (excludes halogenated alkanes) is 13. The molecule has 0 aliphatic rings. The van der Waals surface area contributed by atoms with Crippen LogP contribution in [0.1, 0.15) is 103 Å². The number of carbonyl (C=O) groups is 1. The Kier molecular flexibility index (Phi) is 24.2. The molecule has 0 spiro atoms. The monoisotopic (exact) mass is 455 g/mol. The first-order valence-electron chi connectivity index (χ1n) is 11.2. The molecule has 0 bridgehead atoms. The molecule has 0 unspecified atom stereocenters. The van der Waals surface area contributed by atoms with E-state index in [2.05, 4.69) is 6.92 Å². The summed E-state index contributed by atoms with van der Waals surface area (Å²) in [7, 11) is -2.57. The maximum Gasteiger partial charge on any atom is 1.00 e. The zero-order chi connectivity index (χ0) is 21.1. The van der Waals surface area contributed by atoms with Crippen molar-refractivity contribution in [1.29, 1.82) is 0 Å². The molecule has 0 atom stereocenters. The summed E-state index contributed by atoms with van der Waals surface area (Å²) in [5.41, 5.74) is 0. The van der Waals surface area contributed by atoms with Crippen LogP contribution in [-0.4, -0.2) is 43.1 Å². The predicted octanol–water partition coefficient (Wildman–Crippen LogP) is 2.42. The number of hydrogen-bond acceptors (Lipinski definition) is 4. The van der Waals surface area contributed by atoms with Gasteiger partial charge in [-0.05, 0) is 25.3 Å². The van der Waals surface area contributed by atoms with Crippen molar-refractivity contribution in [3.05, 3.63) is 12.2 Å². The molecule has 0 aliphatic carbocycles. The van der Waals surface area contributed by atoms with Gasteiger partial charge in [0.2, 0.25) is 5.91 Å². The third-order valence-electron chi connectivity index (χ3n) is 5.00. The second-order valence-electron chi connectivity index (χ2n) is 7.81. The molecule has 29 heavy (non-hydrogen) atoms. The van der Waals surface area contributed by atoms with Crippen molar-refractivity contribution in [2.24, 2.45) is 0 Å². The first kappa shape index (κ1) is 31.9. The molecule has 0 aliphatic heterocycles. The summed E-state index contributed by atoms with van der Waals surface area (Å²) in [6, 6.07) is 0. The van der Waals surface area contributed by atoms with Crippen LogP contribution in [0.2, 0.25) is 0 Å². The minimum Gasteiger partial charge on any atom is -0.748 e. The quantitative estimate of drug-likeness (QED) is 0.130. The molecule has 1 amide bonds. The van der Waals surface area contributed by atoms with E-state index in [9.17, 15) is 17.8 Å². The van der Waals surface area contributed by atoms with Crippen molar-refractivity contribution in [2.75, 3.05) is 19.3 Å². The fraction of sp³-hybridized carbons (Fsp3) is 0.864. The molecular formula is C22H42KNO4S. The summed E-state index contributed by atoms with van der Waals surface area (Å²) >= 11 is 0. The summed E-state index contributed by atoms with van der Waals surface area (Å²) in [6.07, 6.45) is 21.8. The maximum atomic E-state index is 11.8. The molecule has 0 radical (unpaired) electrons. The van der Waals surface area contributed by atoms with Gasteiger partial charge >= 0.3 is 51.4 Å². The van der Waals surface area contributed by atoms with E-state index in [0.717, 1.165) is 12.8 Å². The van der Waals surface area contributed by atoms with E-state index in [4.69, 9.17) is 0 Å². The number of allylic oxidation sites excluding steroid dienone is 1. The maximum absolute atomic E-state index is 11.8. The molecule has 0 N–H and O–H groups in total. The van der Waals surface area contributed by atoms with Crippen molar-refractivity contribution >= 4 is 16.0 Å². The largest absolute Gasteiger partial charge is 1.00 e. The molecule has 0 saturated heterocycles. The van der Waals surface area contributed by atoms with Crippen molar-refractivity contribution in [3.8, 4) is 0 Å². The Labute approximate surface area is 222 Å². The minimum absolute atomic E-state index is 0. The summed E-state index contributed by atoms with van der Waals surface area (Å²) < 4.78 is 31.6. The molecule has 0 heterocycles. The van der Waals surface area contributed by atoms with E-state index in [-0.39, 0.29) is 70.3 Å². The van der Waals surface area contributed by atoms with E-state index < -0.39 is 15.9 Å². The van der Waals surface area contributed by atoms with Crippen LogP contribution in [-0.2, 0) is 14.9 Å². The Hall–Kier alpha value is 0.756. The smallest absolute Gasteiger partial charge is 0.748 e. The molecule has 0 fully saturated rings. The van der Waals surface area contributed by atoms with Crippen molar-refractivity contribution in [1.82, 2.24) is 4.90 Å². The minimum atomic E-state index is -4.20. The van der Waals surface area contributed by atoms with Crippen LogP contribution in [0.25, 0.3) is 0 Å². The summed E-state index contributed by atoms with van der Waals surface area (Å²) in [6.45, 7) is 2.54. The number of carbonyl (C=O) groups excluding carboxylic acids is 1. The van der Waals surface area contributed by atoms with Gasteiger partial charge in [-0.15, -0.1) is 0 Å². The number of amides is 1. The standard InChI is InChI=1S/C22H43NO4S.K/c1-3-4-5-6-7-8-9-10-11-12-13-14-15-16-17-19-22(24)23(2)20-18-21-28(25,26)27;/h17,19H,3-16,18,20-21H2,1-2H3,(H,25,26,27);/q;+1/p-1/b19-17+;. The van der Waals surface area contributed by atoms with Gasteiger partial charge in [0.1, 0.15) is 0 Å². The van der Waals surface area contributed by atoms with Crippen molar-refractivity contribution < 1.29 is 69.1 Å². The van der Waals surface area contributed by atoms with Crippen LogP contribution in [0.5, 0.6) is 0 Å². The molecule has 5 nitrogen and oxygen atoms in total. The Morgan fingerprint density at radius 1 is 0.828 bits per heavy atom. The number of likely N-dealkylation sites (N-methyl/N-ethyl adjacent to an activating group) is 1. The molecular weight excluding hydrogens is 413 g/mol. The molecule has 0 aromatic heterocycles. The van der Waals surface area contributed by atoms with E-state index >= 15 is 0 Å². The third-order valence-corrected chi connectivity index (χ3v) is 5.79. The first-order chi connectivity index (χ1) is 13.4. The van der Waals surface area contributed by atoms with Gasteiger partial charge in [-0.2, -0.15) is 0 Å². The fourth-order valence-corrected chi connectivity index (χ4v) is 3.66. The summed E-state index contributed by atoms with van der Waals surface area (Å²) in [5.74, 6) is -0.564. The van der Waals surface area contributed by atoms with Crippen LogP contribution in [0.15, 0.2) is 12.2 Å². The van der Waals surface area contributed by atoms with Crippen LogP contribution < -0.4 is 51.4 Å². The van der Waals surface area contributed by atoms with Gasteiger partial charge in [0.25, 0.3) is 0 Å². The number of rotatable bonds is 19. The van der Waals surface area contributed by atoms with Crippen LogP contribution >= 0.6 is 0 Å². The van der Waals surface area contributed by atoms with E-state index in [1.165, 1.54) is 81.9 Å². The molecule has 0 rings (SSSR count). The van der Waals surface area contributed by atoms with E-state index in [1.807, 2.05) is 6.08 Å². The Bertz CT molecular complexity index is 509.